The van der Waals surface area contributed by atoms with E-state index >= 15 is 0 Å². The average Bonchev–Trinajstić information content (AvgIpc) is 3.39. The van der Waals surface area contributed by atoms with Crippen LogP contribution in [-0.4, -0.2) is 17.5 Å². The number of carbonyl (C=O) groups excluding carboxylic acids is 2. The highest BCUT2D eigenvalue weighted by Gasteiger charge is 2.28. The van der Waals surface area contributed by atoms with Crippen LogP contribution in [0.3, 0.4) is 0 Å². The second-order valence-electron chi connectivity index (χ2n) is 7.34. The third-order valence-electron chi connectivity index (χ3n) is 5.14. The first-order valence-corrected chi connectivity index (χ1v) is 9.89. The van der Waals surface area contributed by atoms with E-state index in [9.17, 15) is 9.59 Å². The summed E-state index contributed by atoms with van der Waals surface area (Å²) in [6.45, 7) is 4.09. The molecule has 2 N–H and O–H groups in total. The van der Waals surface area contributed by atoms with Gasteiger partial charge in [-0.05, 0) is 51.0 Å². The molecular weight excluding hydrogens is 382 g/mol. The molecule has 1 aliphatic carbocycles. The van der Waals surface area contributed by atoms with E-state index in [4.69, 9.17) is 8.83 Å². The highest BCUT2D eigenvalue weighted by Crippen LogP contribution is 2.30. The SMILES string of the molecule is Cc1ccc(C(=O)N/N=C2\CCCc3oc(C(=O)NCc4ccco4)c(C)c32)cc1. The van der Waals surface area contributed by atoms with Crippen molar-refractivity contribution < 1.29 is 18.4 Å². The van der Waals surface area contributed by atoms with Crippen molar-refractivity contribution in [1.82, 2.24) is 10.7 Å². The van der Waals surface area contributed by atoms with Gasteiger partial charge >= 0.3 is 0 Å². The highest BCUT2D eigenvalue weighted by atomic mass is 16.4. The number of carbonyl (C=O) groups is 2. The van der Waals surface area contributed by atoms with E-state index in [1.54, 1.807) is 30.5 Å². The van der Waals surface area contributed by atoms with Gasteiger partial charge in [0.2, 0.25) is 0 Å². The Balaban J connectivity index is 1.51. The summed E-state index contributed by atoms with van der Waals surface area (Å²) in [6, 6.07) is 10.9. The normalized spacial score (nSPS) is 14.4. The number of amides is 2. The summed E-state index contributed by atoms with van der Waals surface area (Å²) in [7, 11) is 0. The van der Waals surface area contributed by atoms with Gasteiger partial charge in [0.1, 0.15) is 11.5 Å². The number of nitrogens with zero attached hydrogens (tertiary/aromatic N) is 1. The van der Waals surface area contributed by atoms with Crippen LogP contribution in [0.25, 0.3) is 0 Å². The van der Waals surface area contributed by atoms with Crippen LogP contribution < -0.4 is 10.7 Å². The van der Waals surface area contributed by atoms with Gasteiger partial charge < -0.3 is 14.2 Å². The number of benzene rings is 1. The molecule has 0 radical (unpaired) electrons. The zero-order chi connectivity index (χ0) is 21.1. The van der Waals surface area contributed by atoms with Gasteiger partial charge in [-0.2, -0.15) is 5.10 Å². The fourth-order valence-electron chi connectivity index (χ4n) is 3.55. The van der Waals surface area contributed by atoms with E-state index in [1.807, 2.05) is 26.0 Å². The third kappa shape index (κ3) is 4.05. The Labute approximate surface area is 174 Å². The van der Waals surface area contributed by atoms with Crippen LogP contribution in [0.5, 0.6) is 0 Å². The van der Waals surface area contributed by atoms with Gasteiger partial charge in [-0.3, -0.25) is 9.59 Å². The lowest BCUT2D eigenvalue weighted by Crippen LogP contribution is -2.23. The first-order valence-electron chi connectivity index (χ1n) is 9.89. The van der Waals surface area contributed by atoms with E-state index in [1.165, 1.54) is 0 Å². The Kier molecular flexibility index (Phi) is 5.52. The molecule has 0 fully saturated rings. The molecule has 0 spiro atoms. The maximum Gasteiger partial charge on any atom is 0.287 e. The maximum absolute atomic E-state index is 12.6. The second-order valence-corrected chi connectivity index (χ2v) is 7.34. The van der Waals surface area contributed by atoms with Crippen molar-refractivity contribution in [1.29, 1.82) is 0 Å². The second kappa shape index (κ2) is 8.41. The van der Waals surface area contributed by atoms with Crippen molar-refractivity contribution in [2.75, 3.05) is 0 Å². The molecule has 30 heavy (non-hydrogen) atoms. The van der Waals surface area contributed by atoms with E-state index < -0.39 is 0 Å². The van der Waals surface area contributed by atoms with Crippen LogP contribution in [0.2, 0.25) is 0 Å². The lowest BCUT2D eigenvalue weighted by molar-refractivity contribution is 0.0916. The van der Waals surface area contributed by atoms with Crippen molar-refractivity contribution in [2.24, 2.45) is 5.10 Å². The molecule has 1 aliphatic rings. The Morgan fingerprint density at radius 3 is 2.60 bits per heavy atom. The van der Waals surface area contributed by atoms with Crippen molar-refractivity contribution >= 4 is 17.5 Å². The van der Waals surface area contributed by atoms with E-state index in [0.717, 1.165) is 41.0 Å². The standard InChI is InChI=1S/C23H23N3O4/c1-14-8-10-16(11-9-14)22(27)26-25-18-6-3-7-19-20(18)15(2)21(30-19)23(28)24-13-17-5-4-12-29-17/h4-5,8-12H,3,6-7,13H2,1-2H3,(H,24,28)(H,26,27)/b25-18+. The summed E-state index contributed by atoms with van der Waals surface area (Å²) >= 11 is 0. The fourth-order valence-corrected chi connectivity index (χ4v) is 3.55. The van der Waals surface area contributed by atoms with Crippen LogP contribution in [0.15, 0.2) is 56.6 Å². The van der Waals surface area contributed by atoms with Gasteiger partial charge in [0.15, 0.2) is 5.76 Å². The molecule has 7 heteroatoms. The molecule has 2 aromatic heterocycles. The van der Waals surface area contributed by atoms with Gasteiger partial charge in [-0.1, -0.05) is 17.7 Å². The van der Waals surface area contributed by atoms with Crippen LogP contribution in [-0.2, 0) is 13.0 Å². The summed E-state index contributed by atoms with van der Waals surface area (Å²) in [4.78, 5) is 25.0. The largest absolute Gasteiger partial charge is 0.467 e. The molecule has 154 valence electrons. The number of hydrazone groups is 1. The minimum Gasteiger partial charge on any atom is -0.467 e. The van der Waals surface area contributed by atoms with Gasteiger partial charge in [-0.25, -0.2) is 5.43 Å². The van der Waals surface area contributed by atoms with Crippen LogP contribution in [0, 0.1) is 13.8 Å². The first-order chi connectivity index (χ1) is 14.5. The molecule has 4 rings (SSSR count). The zero-order valence-corrected chi connectivity index (χ0v) is 17.0. The molecule has 0 atom stereocenters. The minimum atomic E-state index is -0.304. The van der Waals surface area contributed by atoms with Gasteiger partial charge in [0.25, 0.3) is 11.8 Å². The summed E-state index contributed by atoms with van der Waals surface area (Å²) in [5.41, 5.74) is 6.53. The van der Waals surface area contributed by atoms with Crippen LogP contribution >= 0.6 is 0 Å². The molecule has 2 heterocycles. The monoisotopic (exact) mass is 405 g/mol. The highest BCUT2D eigenvalue weighted by molar-refractivity contribution is 6.07. The van der Waals surface area contributed by atoms with E-state index in [2.05, 4.69) is 15.8 Å². The Morgan fingerprint density at radius 2 is 1.87 bits per heavy atom. The molecular formula is C23H23N3O4. The molecule has 0 bridgehead atoms. The number of hydrogen-bond acceptors (Lipinski definition) is 5. The summed E-state index contributed by atoms with van der Waals surface area (Å²) in [5.74, 6) is 1.09. The first kappa shape index (κ1) is 19.7. The van der Waals surface area contributed by atoms with Crippen molar-refractivity contribution in [2.45, 2.75) is 39.7 Å². The number of nitrogens with one attached hydrogen (secondary N) is 2. The molecule has 3 aromatic rings. The molecule has 7 nitrogen and oxygen atoms in total. The molecule has 0 unspecified atom stereocenters. The quantitative estimate of drug-likeness (QED) is 0.630. The summed E-state index contributed by atoms with van der Waals surface area (Å²) in [5, 5.41) is 7.16. The number of aryl methyl sites for hydroxylation is 2. The smallest absolute Gasteiger partial charge is 0.287 e. The van der Waals surface area contributed by atoms with Crippen LogP contribution in [0.4, 0.5) is 0 Å². The lowest BCUT2D eigenvalue weighted by atomic mass is 9.93. The van der Waals surface area contributed by atoms with Gasteiger partial charge in [0, 0.05) is 23.1 Å². The molecule has 1 aromatic carbocycles. The molecule has 0 saturated carbocycles. The van der Waals surface area contributed by atoms with Crippen molar-refractivity contribution in [3.05, 3.63) is 82.2 Å². The fraction of sp³-hybridized carbons (Fsp3) is 0.261. The number of hydrogen-bond donors (Lipinski definition) is 2. The summed E-state index contributed by atoms with van der Waals surface area (Å²) in [6.07, 6.45) is 3.83. The Hall–Kier alpha value is -3.61. The maximum atomic E-state index is 12.6. The predicted octanol–water partition coefficient (Wildman–Crippen LogP) is 3.89. The predicted molar refractivity (Wildman–Crippen MR) is 111 cm³/mol. The zero-order valence-electron chi connectivity index (χ0n) is 17.0. The molecule has 0 aliphatic heterocycles. The van der Waals surface area contributed by atoms with Crippen molar-refractivity contribution in [3.63, 3.8) is 0 Å². The van der Waals surface area contributed by atoms with Crippen molar-refractivity contribution in [3.8, 4) is 0 Å². The Bertz CT molecular complexity index is 1090. The van der Waals surface area contributed by atoms with Gasteiger partial charge in [0.05, 0.1) is 18.5 Å². The summed E-state index contributed by atoms with van der Waals surface area (Å²) < 4.78 is 11.1. The average molecular weight is 405 g/mol. The number of rotatable bonds is 5. The minimum absolute atomic E-state index is 0.269. The number of fused-ring (bicyclic) bond motifs is 1. The number of furan rings is 2. The molecule has 2 amide bonds. The van der Waals surface area contributed by atoms with Gasteiger partial charge in [-0.15, -0.1) is 0 Å². The molecule has 0 saturated heterocycles. The Morgan fingerprint density at radius 1 is 1.07 bits per heavy atom. The third-order valence-corrected chi connectivity index (χ3v) is 5.14. The lowest BCUT2D eigenvalue weighted by Gasteiger charge is -2.13. The topological polar surface area (TPSA) is 96.8 Å². The van der Waals surface area contributed by atoms with E-state index in [0.29, 0.717) is 17.7 Å². The van der Waals surface area contributed by atoms with E-state index in [-0.39, 0.29) is 24.1 Å². The van der Waals surface area contributed by atoms with Crippen LogP contribution in [0.1, 0.15) is 62.0 Å².